The molecule has 3 rings (SSSR count). The van der Waals surface area contributed by atoms with Crippen molar-refractivity contribution >= 4 is 27.3 Å². The molecule has 134 valence electrons. The SMILES string of the molecule is Cc1onc(-c2c(F)cccc2Cl)c1C(=O)NC[C@@H]1CCS(=O)(=O)C1. The van der Waals surface area contributed by atoms with E-state index >= 15 is 0 Å². The lowest BCUT2D eigenvalue weighted by Gasteiger charge is -2.10. The first-order valence-electron chi connectivity index (χ1n) is 7.68. The van der Waals surface area contributed by atoms with Crippen molar-refractivity contribution < 1.29 is 22.1 Å². The fourth-order valence-corrected chi connectivity index (χ4v) is 5.01. The van der Waals surface area contributed by atoms with Crippen LogP contribution >= 0.6 is 11.6 Å². The summed E-state index contributed by atoms with van der Waals surface area (Å²) < 4.78 is 42.2. The van der Waals surface area contributed by atoms with Crippen molar-refractivity contribution in [2.75, 3.05) is 18.1 Å². The number of carbonyl (C=O) groups excluding carboxylic acids is 1. The molecule has 0 radical (unpaired) electrons. The lowest BCUT2D eigenvalue weighted by Crippen LogP contribution is -2.30. The number of nitrogens with one attached hydrogen (secondary N) is 1. The molecule has 1 aromatic heterocycles. The predicted molar refractivity (Wildman–Crippen MR) is 90.7 cm³/mol. The number of aromatic nitrogens is 1. The maximum atomic E-state index is 14.1. The quantitative estimate of drug-likeness (QED) is 0.872. The fourth-order valence-electron chi connectivity index (χ4n) is 2.89. The molecule has 25 heavy (non-hydrogen) atoms. The highest BCUT2D eigenvalue weighted by molar-refractivity contribution is 7.91. The van der Waals surface area contributed by atoms with Gasteiger partial charge in [0.2, 0.25) is 0 Å². The molecule has 1 aromatic carbocycles. The Hall–Kier alpha value is -1.93. The van der Waals surface area contributed by atoms with Gasteiger partial charge >= 0.3 is 0 Å². The van der Waals surface area contributed by atoms with Gasteiger partial charge in [-0.1, -0.05) is 22.8 Å². The lowest BCUT2D eigenvalue weighted by molar-refractivity contribution is 0.0947. The zero-order chi connectivity index (χ0) is 18.2. The molecular formula is C16H16ClFN2O4S. The molecule has 0 saturated carbocycles. The number of nitrogens with zero attached hydrogens (tertiary/aromatic N) is 1. The van der Waals surface area contributed by atoms with Gasteiger partial charge in [0.15, 0.2) is 9.84 Å². The Morgan fingerprint density at radius 1 is 1.48 bits per heavy atom. The standard InChI is InChI=1S/C16H16ClFN2O4S/c1-9-13(16(21)19-7-10-5-6-25(22,23)8-10)15(20-24-9)14-11(17)3-2-4-12(14)18/h2-4,10H,5-8H2,1H3,(H,19,21)/t10-/m0/s1. The molecule has 2 heterocycles. The largest absolute Gasteiger partial charge is 0.360 e. The van der Waals surface area contributed by atoms with E-state index in [9.17, 15) is 17.6 Å². The number of hydrogen-bond donors (Lipinski definition) is 1. The van der Waals surface area contributed by atoms with Gasteiger partial charge in [-0.25, -0.2) is 12.8 Å². The monoisotopic (exact) mass is 386 g/mol. The van der Waals surface area contributed by atoms with E-state index in [0.717, 1.165) is 0 Å². The minimum Gasteiger partial charge on any atom is -0.360 e. The summed E-state index contributed by atoms with van der Waals surface area (Å²) in [5, 5.41) is 6.58. The van der Waals surface area contributed by atoms with E-state index in [2.05, 4.69) is 10.5 Å². The maximum absolute atomic E-state index is 14.1. The van der Waals surface area contributed by atoms with Crippen LogP contribution in [0.25, 0.3) is 11.3 Å². The van der Waals surface area contributed by atoms with Crippen molar-refractivity contribution in [3.63, 3.8) is 0 Å². The van der Waals surface area contributed by atoms with Gasteiger partial charge in [-0.2, -0.15) is 0 Å². The maximum Gasteiger partial charge on any atom is 0.257 e. The number of amides is 1. The number of benzene rings is 1. The molecule has 1 fully saturated rings. The highest BCUT2D eigenvalue weighted by Crippen LogP contribution is 2.33. The van der Waals surface area contributed by atoms with E-state index in [0.29, 0.717) is 6.42 Å². The molecule has 1 N–H and O–H groups in total. The summed E-state index contributed by atoms with van der Waals surface area (Å²) in [5.74, 6) is -0.827. The molecule has 9 heteroatoms. The number of aryl methyl sites for hydroxylation is 1. The molecular weight excluding hydrogens is 371 g/mol. The Morgan fingerprint density at radius 2 is 2.24 bits per heavy atom. The van der Waals surface area contributed by atoms with Crippen LogP contribution in [0, 0.1) is 18.7 Å². The number of hydrogen-bond acceptors (Lipinski definition) is 5. The summed E-state index contributed by atoms with van der Waals surface area (Å²) in [6, 6.07) is 4.17. The molecule has 0 aliphatic carbocycles. The van der Waals surface area contributed by atoms with Gasteiger partial charge in [-0.05, 0) is 31.4 Å². The second-order valence-electron chi connectivity index (χ2n) is 6.04. The van der Waals surface area contributed by atoms with Gasteiger partial charge in [0.25, 0.3) is 5.91 Å². The molecule has 6 nitrogen and oxygen atoms in total. The second kappa shape index (κ2) is 6.76. The highest BCUT2D eigenvalue weighted by Gasteiger charge is 2.30. The first kappa shape index (κ1) is 17.9. The Morgan fingerprint density at radius 3 is 2.88 bits per heavy atom. The zero-order valence-electron chi connectivity index (χ0n) is 13.4. The summed E-state index contributed by atoms with van der Waals surface area (Å²) in [6.07, 6.45) is 0.511. The number of sulfone groups is 1. The van der Waals surface area contributed by atoms with Crippen molar-refractivity contribution in [3.05, 3.63) is 40.4 Å². The normalized spacial score (nSPS) is 19.1. The van der Waals surface area contributed by atoms with Crippen LogP contribution in [0.3, 0.4) is 0 Å². The molecule has 1 aliphatic rings. The van der Waals surface area contributed by atoms with Crippen molar-refractivity contribution in [2.24, 2.45) is 5.92 Å². The molecule has 0 bridgehead atoms. The van der Waals surface area contributed by atoms with E-state index < -0.39 is 21.6 Å². The topological polar surface area (TPSA) is 89.3 Å². The van der Waals surface area contributed by atoms with E-state index in [4.69, 9.17) is 16.1 Å². The molecule has 0 unspecified atom stereocenters. The van der Waals surface area contributed by atoms with Crippen LogP contribution in [0.1, 0.15) is 22.5 Å². The third kappa shape index (κ3) is 3.69. The van der Waals surface area contributed by atoms with E-state index in [1.165, 1.54) is 18.2 Å². The van der Waals surface area contributed by atoms with Crippen LogP contribution in [0.2, 0.25) is 5.02 Å². The van der Waals surface area contributed by atoms with Crippen LogP contribution in [-0.4, -0.2) is 37.5 Å². The Bertz CT molecular complexity index is 906. The lowest BCUT2D eigenvalue weighted by atomic mass is 10.0. The molecule has 1 amide bonds. The van der Waals surface area contributed by atoms with Crippen LogP contribution in [-0.2, 0) is 9.84 Å². The van der Waals surface area contributed by atoms with E-state index in [1.54, 1.807) is 6.92 Å². The average molecular weight is 387 g/mol. The molecule has 1 saturated heterocycles. The number of rotatable bonds is 4. The minimum atomic E-state index is -3.02. The van der Waals surface area contributed by atoms with Crippen molar-refractivity contribution in [1.82, 2.24) is 10.5 Å². The van der Waals surface area contributed by atoms with E-state index in [-0.39, 0.29) is 51.6 Å². The van der Waals surface area contributed by atoms with Crippen molar-refractivity contribution in [2.45, 2.75) is 13.3 Å². The van der Waals surface area contributed by atoms with Gasteiger partial charge in [0.05, 0.1) is 22.1 Å². The number of carbonyl (C=O) groups is 1. The zero-order valence-corrected chi connectivity index (χ0v) is 15.0. The van der Waals surface area contributed by atoms with Gasteiger partial charge in [-0.3, -0.25) is 4.79 Å². The van der Waals surface area contributed by atoms with Crippen LogP contribution in [0.5, 0.6) is 0 Å². The van der Waals surface area contributed by atoms with Crippen LogP contribution in [0.4, 0.5) is 4.39 Å². The molecule has 2 aromatic rings. The van der Waals surface area contributed by atoms with E-state index in [1.807, 2.05) is 0 Å². The van der Waals surface area contributed by atoms with Gasteiger partial charge < -0.3 is 9.84 Å². The fraction of sp³-hybridized carbons (Fsp3) is 0.375. The highest BCUT2D eigenvalue weighted by atomic mass is 35.5. The number of halogens is 2. The average Bonchev–Trinajstić information content (AvgIpc) is 3.07. The molecule has 1 atom stereocenters. The molecule has 0 spiro atoms. The van der Waals surface area contributed by atoms with Crippen molar-refractivity contribution in [1.29, 1.82) is 0 Å². The summed E-state index contributed by atoms with van der Waals surface area (Å²) >= 11 is 6.04. The third-order valence-electron chi connectivity index (χ3n) is 4.17. The van der Waals surface area contributed by atoms with Crippen LogP contribution in [0.15, 0.2) is 22.7 Å². The van der Waals surface area contributed by atoms with Crippen molar-refractivity contribution in [3.8, 4) is 11.3 Å². The Kier molecular flexibility index (Phi) is 4.83. The summed E-state index contributed by atoms with van der Waals surface area (Å²) in [5.41, 5.74) is 0.111. The van der Waals surface area contributed by atoms with Gasteiger partial charge in [-0.15, -0.1) is 0 Å². The third-order valence-corrected chi connectivity index (χ3v) is 6.32. The smallest absolute Gasteiger partial charge is 0.257 e. The molecule has 1 aliphatic heterocycles. The van der Waals surface area contributed by atoms with Gasteiger partial charge in [0.1, 0.15) is 22.8 Å². The Labute approximate surface area is 149 Å². The second-order valence-corrected chi connectivity index (χ2v) is 8.67. The van der Waals surface area contributed by atoms with Crippen LogP contribution < -0.4 is 5.32 Å². The predicted octanol–water partition coefficient (Wildman–Crippen LogP) is 2.61. The van der Waals surface area contributed by atoms with Gasteiger partial charge in [0, 0.05) is 6.54 Å². The first-order valence-corrected chi connectivity index (χ1v) is 9.87. The summed E-state index contributed by atoms with van der Waals surface area (Å²) in [6.45, 7) is 1.76. The first-order chi connectivity index (χ1) is 11.8. The minimum absolute atomic E-state index is 0.00499. The summed E-state index contributed by atoms with van der Waals surface area (Å²) in [4.78, 5) is 12.5. The Balaban J connectivity index is 1.83. The summed E-state index contributed by atoms with van der Waals surface area (Å²) in [7, 11) is -3.02.